The predicted octanol–water partition coefficient (Wildman–Crippen LogP) is 6.82. The van der Waals surface area contributed by atoms with Crippen molar-refractivity contribution < 1.29 is 14.2 Å². The minimum Gasteiger partial charge on any atom is -0.494 e. The smallest absolute Gasteiger partial charge is 0.119 e. The van der Waals surface area contributed by atoms with Crippen molar-refractivity contribution in [1.29, 1.82) is 0 Å². The third kappa shape index (κ3) is 8.33. The van der Waals surface area contributed by atoms with E-state index >= 15 is 0 Å². The Balaban J connectivity index is 1.26. The van der Waals surface area contributed by atoms with Gasteiger partial charge in [-0.05, 0) is 48.2 Å². The van der Waals surface area contributed by atoms with Gasteiger partial charge in [-0.15, -0.1) is 0 Å². The molecule has 2 aromatic carbocycles. The SMILES string of the molecule is C=CCOc1ccc(-c2ccc(OCCCCCCCCCC3CO3)cc2)cc1. The third-order valence-corrected chi connectivity index (χ3v) is 5.25. The van der Waals surface area contributed by atoms with Crippen LogP contribution >= 0.6 is 0 Å². The fraction of sp³-hybridized carbons (Fsp3) is 0.462. The van der Waals surface area contributed by atoms with E-state index in [0.717, 1.165) is 31.1 Å². The standard InChI is InChI=1S/C26H34O3/c1-2-19-27-24-15-11-22(12-16-24)23-13-17-25(18-14-23)28-20-9-7-5-3-4-6-8-10-26-21-29-26/h2,11-18,26H,1,3-10,19-21H2. The van der Waals surface area contributed by atoms with Crippen LogP contribution in [-0.2, 0) is 4.74 Å². The summed E-state index contributed by atoms with van der Waals surface area (Å²) in [5, 5.41) is 0. The lowest BCUT2D eigenvalue weighted by atomic mass is 10.1. The quantitative estimate of drug-likeness (QED) is 0.189. The van der Waals surface area contributed by atoms with Gasteiger partial charge in [0, 0.05) is 0 Å². The Morgan fingerprint density at radius 1 is 0.759 bits per heavy atom. The second-order valence-electron chi connectivity index (χ2n) is 7.72. The molecule has 3 heteroatoms. The van der Waals surface area contributed by atoms with Gasteiger partial charge in [-0.2, -0.15) is 0 Å². The highest BCUT2D eigenvalue weighted by molar-refractivity contribution is 5.64. The van der Waals surface area contributed by atoms with Crippen molar-refractivity contribution in [2.24, 2.45) is 0 Å². The van der Waals surface area contributed by atoms with E-state index in [4.69, 9.17) is 14.2 Å². The van der Waals surface area contributed by atoms with Crippen molar-refractivity contribution in [2.45, 2.75) is 57.5 Å². The lowest BCUT2D eigenvalue weighted by molar-refractivity contribution is 0.304. The Bertz CT molecular complexity index is 702. The van der Waals surface area contributed by atoms with Crippen LogP contribution in [0.3, 0.4) is 0 Å². The molecule has 0 aromatic heterocycles. The highest BCUT2D eigenvalue weighted by Gasteiger charge is 2.20. The zero-order valence-electron chi connectivity index (χ0n) is 17.5. The Labute approximate surface area is 175 Å². The molecular formula is C26H34O3. The van der Waals surface area contributed by atoms with E-state index in [0.29, 0.717) is 12.7 Å². The fourth-order valence-corrected chi connectivity index (χ4v) is 3.43. The minimum atomic E-state index is 0.529. The average molecular weight is 395 g/mol. The van der Waals surface area contributed by atoms with E-state index in [2.05, 4.69) is 43.0 Å². The Kier molecular flexibility index (Phi) is 9.12. The molecule has 0 radical (unpaired) electrons. The average Bonchev–Trinajstić information content (AvgIpc) is 3.59. The number of hydrogen-bond donors (Lipinski definition) is 0. The molecule has 0 N–H and O–H groups in total. The summed E-state index contributed by atoms with van der Waals surface area (Å²) in [5.41, 5.74) is 2.35. The summed E-state index contributed by atoms with van der Waals surface area (Å²) in [6.45, 7) is 5.99. The molecule has 156 valence electrons. The summed E-state index contributed by atoms with van der Waals surface area (Å²) in [5.74, 6) is 1.81. The van der Waals surface area contributed by atoms with Crippen LogP contribution in [-0.4, -0.2) is 25.9 Å². The van der Waals surface area contributed by atoms with Gasteiger partial charge in [-0.1, -0.05) is 75.4 Å². The zero-order chi connectivity index (χ0) is 20.2. The summed E-state index contributed by atoms with van der Waals surface area (Å²) in [7, 11) is 0. The Morgan fingerprint density at radius 2 is 1.28 bits per heavy atom. The fourth-order valence-electron chi connectivity index (χ4n) is 3.43. The van der Waals surface area contributed by atoms with Crippen molar-refractivity contribution in [2.75, 3.05) is 19.8 Å². The summed E-state index contributed by atoms with van der Waals surface area (Å²) >= 11 is 0. The summed E-state index contributed by atoms with van der Waals surface area (Å²) < 4.78 is 16.7. The molecule has 1 unspecified atom stereocenters. The van der Waals surface area contributed by atoms with Crippen molar-refractivity contribution in [3.63, 3.8) is 0 Å². The number of rotatable bonds is 15. The van der Waals surface area contributed by atoms with E-state index in [1.165, 1.54) is 56.1 Å². The van der Waals surface area contributed by atoms with Gasteiger partial charge in [-0.25, -0.2) is 0 Å². The van der Waals surface area contributed by atoms with Crippen LogP contribution in [0.5, 0.6) is 11.5 Å². The molecule has 3 nitrogen and oxygen atoms in total. The molecule has 1 aliphatic rings. The molecule has 1 saturated heterocycles. The predicted molar refractivity (Wildman–Crippen MR) is 120 cm³/mol. The lowest BCUT2D eigenvalue weighted by Gasteiger charge is -2.08. The molecule has 1 atom stereocenters. The molecule has 0 saturated carbocycles. The molecule has 0 spiro atoms. The normalized spacial score (nSPS) is 15.1. The van der Waals surface area contributed by atoms with Crippen molar-refractivity contribution in [1.82, 2.24) is 0 Å². The first kappa shape index (κ1) is 21.4. The lowest BCUT2D eigenvalue weighted by Crippen LogP contribution is -1.97. The number of unbranched alkanes of at least 4 members (excludes halogenated alkanes) is 6. The topological polar surface area (TPSA) is 31.0 Å². The monoisotopic (exact) mass is 394 g/mol. The molecule has 0 aliphatic carbocycles. The van der Waals surface area contributed by atoms with E-state index in [9.17, 15) is 0 Å². The van der Waals surface area contributed by atoms with Gasteiger partial charge in [0.2, 0.25) is 0 Å². The Morgan fingerprint density at radius 3 is 1.83 bits per heavy atom. The van der Waals surface area contributed by atoms with Crippen LogP contribution in [0.4, 0.5) is 0 Å². The molecule has 2 aromatic rings. The largest absolute Gasteiger partial charge is 0.494 e. The van der Waals surface area contributed by atoms with Crippen molar-refractivity contribution in [3.05, 3.63) is 61.2 Å². The first-order chi connectivity index (χ1) is 14.3. The van der Waals surface area contributed by atoms with Crippen molar-refractivity contribution in [3.8, 4) is 22.6 Å². The van der Waals surface area contributed by atoms with Crippen LogP contribution in [0.25, 0.3) is 11.1 Å². The van der Waals surface area contributed by atoms with Crippen LogP contribution in [0, 0.1) is 0 Å². The highest BCUT2D eigenvalue weighted by Crippen LogP contribution is 2.25. The van der Waals surface area contributed by atoms with Gasteiger partial charge in [0.05, 0.1) is 19.3 Å². The second kappa shape index (κ2) is 12.3. The summed E-state index contributed by atoms with van der Waals surface area (Å²) in [6.07, 6.45) is 12.7. The maximum atomic E-state index is 5.90. The molecule has 1 heterocycles. The van der Waals surface area contributed by atoms with Gasteiger partial charge in [0.1, 0.15) is 18.1 Å². The van der Waals surface area contributed by atoms with Crippen molar-refractivity contribution >= 4 is 0 Å². The van der Waals surface area contributed by atoms with E-state index < -0.39 is 0 Å². The maximum Gasteiger partial charge on any atom is 0.119 e. The van der Waals surface area contributed by atoms with Crippen LogP contribution in [0.15, 0.2) is 61.2 Å². The van der Waals surface area contributed by atoms with Gasteiger partial charge in [-0.3, -0.25) is 0 Å². The molecular weight excluding hydrogens is 360 g/mol. The number of hydrogen-bond acceptors (Lipinski definition) is 3. The van der Waals surface area contributed by atoms with E-state index in [-0.39, 0.29) is 0 Å². The zero-order valence-corrected chi connectivity index (χ0v) is 17.5. The van der Waals surface area contributed by atoms with Gasteiger partial charge < -0.3 is 14.2 Å². The van der Waals surface area contributed by atoms with Gasteiger partial charge in [0.15, 0.2) is 0 Å². The Hall–Kier alpha value is -2.26. The highest BCUT2D eigenvalue weighted by atomic mass is 16.6. The second-order valence-corrected chi connectivity index (χ2v) is 7.72. The number of benzene rings is 2. The minimum absolute atomic E-state index is 0.529. The molecule has 1 fully saturated rings. The summed E-state index contributed by atoms with van der Waals surface area (Å²) in [4.78, 5) is 0. The maximum absolute atomic E-state index is 5.90. The first-order valence-electron chi connectivity index (χ1n) is 11.0. The van der Waals surface area contributed by atoms with Gasteiger partial charge >= 0.3 is 0 Å². The molecule has 1 aliphatic heterocycles. The van der Waals surface area contributed by atoms with Crippen LogP contribution in [0.2, 0.25) is 0 Å². The molecule has 3 rings (SSSR count). The number of epoxide rings is 1. The third-order valence-electron chi connectivity index (χ3n) is 5.25. The van der Waals surface area contributed by atoms with E-state index in [1.54, 1.807) is 6.08 Å². The molecule has 0 amide bonds. The van der Waals surface area contributed by atoms with Gasteiger partial charge in [0.25, 0.3) is 0 Å². The van der Waals surface area contributed by atoms with Crippen LogP contribution in [0.1, 0.15) is 51.4 Å². The number of ether oxygens (including phenoxy) is 3. The summed E-state index contributed by atoms with van der Waals surface area (Å²) in [6, 6.07) is 16.5. The molecule has 29 heavy (non-hydrogen) atoms. The van der Waals surface area contributed by atoms with E-state index in [1.807, 2.05) is 12.1 Å². The molecule has 0 bridgehead atoms. The first-order valence-corrected chi connectivity index (χ1v) is 11.0. The van der Waals surface area contributed by atoms with Crippen LogP contribution < -0.4 is 9.47 Å².